The van der Waals surface area contributed by atoms with Crippen molar-refractivity contribution in [2.24, 2.45) is 7.05 Å². The summed E-state index contributed by atoms with van der Waals surface area (Å²) in [6.45, 7) is 1.66. The van der Waals surface area contributed by atoms with Gasteiger partial charge < -0.3 is 5.32 Å². The fraction of sp³-hybridized carbons (Fsp3) is 0.167. The zero-order valence-corrected chi connectivity index (χ0v) is 11.2. The molecule has 2 heterocycles. The molecule has 1 aromatic carbocycles. The van der Waals surface area contributed by atoms with Crippen LogP contribution in [0.4, 0.5) is 5.69 Å². The van der Waals surface area contributed by atoms with Crippen molar-refractivity contribution in [1.29, 1.82) is 0 Å². The highest BCUT2D eigenvalue weighted by Gasteiger charge is 2.35. The summed E-state index contributed by atoms with van der Waals surface area (Å²) in [5.41, 5.74) is 0.879. The number of amides is 1. The van der Waals surface area contributed by atoms with Crippen molar-refractivity contribution < 1.29 is 13.2 Å². The summed E-state index contributed by atoms with van der Waals surface area (Å²) in [5.74, 6) is -0.436. The lowest BCUT2D eigenvalue weighted by molar-refractivity contribution is 0.102. The molecule has 3 rings (SSSR count). The first kappa shape index (κ1) is 11.9. The number of hydrogen-bond donors (Lipinski definition) is 1. The summed E-state index contributed by atoms with van der Waals surface area (Å²) in [6, 6.07) is 6.16. The van der Waals surface area contributed by atoms with E-state index in [9.17, 15) is 13.2 Å². The number of anilines is 1. The normalized spacial score (nSPS) is 16.2. The Labute approximate surface area is 110 Å². The van der Waals surface area contributed by atoms with E-state index in [1.54, 1.807) is 26.1 Å². The molecule has 2 aromatic rings. The van der Waals surface area contributed by atoms with Crippen molar-refractivity contribution in [3.63, 3.8) is 0 Å². The maximum Gasteiger partial charge on any atom is 0.257 e. The van der Waals surface area contributed by atoms with Crippen molar-refractivity contribution in [3.8, 4) is 0 Å². The van der Waals surface area contributed by atoms with Crippen LogP contribution in [-0.2, 0) is 16.9 Å². The van der Waals surface area contributed by atoms with Crippen LogP contribution in [0.25, 0.3) is 0 Å². The zero-order chi connectivity index (χ0) is 13.8. The molecule has 0 saturated carbocycles. The minimum atomic E-state index is -3.76. The summed E-state index contributed by atoms with van der Waals surface area (Å²) in [6.07, 6.45) is 0. The van der Waals surface area contributed by atoms with Gasteiger partial charge in [-0.25, -0.2) is 8.42 Å². The van der Waals surface area contributed by atoms with Crippen LogP contribution in [0.5, 0.6) is 0 Å². The highest BCUT2D eigenvalue weighted by molar-refractivity contribution is 7.91. The third-order valence-corrected chi connectivity index (χ3v) is 5.00. The summed E-state index contributed by atoms with van der Waals surface area (Å²) in [5, 5.41) is 6.70. The Balaban J connectivity index is 2.46. The molecular formula is C12H11N3O3S. The lowest BCUT2D eigenvalue weighted by atomic mass is 10.2. The third-order valence-electron chi connectivity index (χ3n) is 3.08. The molecule has 1 aliphatic heterocycles. The second-order valence-corrected chi connectivity index (χ2v) is 6.18. The monoisotopic (exact) mass is 277 g/mol. The number of fused-ring (bicyclic) bond motifs is 2. The number of carbonyl (C=O) groups is 1. The van der Waals surface area contributed by atoms with Gasteiger partial charge in [-0.05, 0) is 19.1 Å². The highest BCUT2D eigenvalue weighted by atomic mass is 32.2. The SMILES string of the molecule is Cc1nn(C)c2c1NC(=O)c1ccccc1S2(=O)=O. The minimum absolute atomic E-state index is 0.00856. The quantitative estimate of drug-likeness (QED) is 0.782. The fourth-order valence-electron chi connectivity index (χ4n) is 2.26. The van der Waals surface area contributed by atoms with E-state index in [4.69, 9.17) is 0 Å². The van der Waals surface area contributed by atoms with E-state index in [0.29, 0.717) is 5.69 Å². The van der Waals surface area contributed by atoms with Gasteiger partial charge in [0.15, 0.2) is 5.03 Å². The van der Waals surface area contributed by atoms with Crippen LogP contribution >= 0.6 is 0 Å². The molecule has 0 saturated heterocycles. The molecule has 98 valence electrons. The van der Waals surface area contributed by atoms with Crippen LogP contribution in [0.2, 0.25) is 0 Å². The molecule has 1 aliphatic rings. The van der Waals surface area contributed by atoms with Gasteiger partial charge in [-0.1, -0.05) is 12.1 Å². The predicted molar refractivity (Wildman–Crippen MR) is 67.8 cm³/mol. The largest absolute Gasteiger partial charge is 0.318 e. The Morgan fingerprint density at radius 1 is 1.26 bits per heavy atom. The second-order valence-electron chi connectivity index (χ2n) is 4.34. The highest BCUT2D eigenvalue weighted by Crippen LogP contribution is 2.34. The molecule has 0 unspecified atom stereocenters. The van der Waals surface area contributed by atoms with Gasteiger partial charge in [0.25, 0.3) is 5.91 Å². The van der Waals surface area contributed by atoms with Crippen LogP contribution in [0, 0.1) is 6.92 Å². The zero-order valence-electron chi connectivity index (χ0n) is 10.3. The molecule has 0 radical (unpaired) electrons. The van der Waals surface area contributed by atoms with Gasteiger partial charge in [0.05, 0.1) is 16.2 Å². The van der Waals surface area contributed by atoms with Gasteiger partial charge in [0.1, 0.15) is 5.69 Å². The van der Waals surface area contributed by atoms with E-state index in [-0.39, 0.29) is 21.2 Å². The van der Waals surface area contributed by atoms with Gasteiger partial charge in [-0.2, -0.15) is 5.10 Å². The first-order chi connectivity index (χ1) is 8.93. The number of benzene rings is 1. The number of nitrogens with zero attached hydrogens (tertiary/aromatic N) is 2. The first-order valence-corrected chi connectivity index (χ1v) is 7.10. The fourth-order valence-corrected chi connectivity index (χ4v) is 4.04. The average Bonchev–Trinajstić information content (AvgIpc) is 2.59. The molecule has 0 bridgehead atoms. The molecule has 0 aliphatic carbocycles. The second kappa shape index (κ2) is 3.67. The first-order valence-electron chi connectivity index (χ1n) is 5.62. The smallest absolute Gasteiger partial charge is 0.257 e. The molecule has 0 atom stereocenters. The minimum Gasteiger partial charge on any atom is -0.318 e. The topological polar surface area (TPSA) is 81.1 Å². The summed E-state index contributed by atoms with van der Waals surface area (Å²) >= 11 is 0. The van der Waals surface area contributed by atoms with Crippen molar-refractivity contribution in [3.05, 3.63) is 35.5 Å². The number of aromatic nitrogens is 2. The van der Waals surface area contributed by atoms with Crippen molar-refractivity contribution in [2.45, 2.75) is 16.8 Å². The summed E-state index contributed by atoms with van der Waals surface area (Å²) in [7, 11) is -2.22. The van der Waals surface area contributed by atoms with Gasteiger partial charge in [-0.3, -0.25) is 9.48 Å². The Bertz CT molecular complexity index is 806. The molecular weight excluding hydrogens is 266 g/mol. The van der Waals surface area contributed by atoms with Gasteiger partial charge in [0.2, 0.25) is 9.84 Å². The van der Waals surface area contributed by atoms with Crippen molar-refractivity contribution in [2.75, 3.05) is 5.32 Å². The van der Waals surface area contributed by atoms with Crippen LogP contribution in [0.15, 0.2) is 34.2 Å². The lowest BCUT2D eigenvalue weighted by Crippen LogP contribution is -2.12. The Hall–Kier alpha value is -2.15. The number of sulfone groups is 1. The van der Waals surface area contributed by atoms with Crippen molar-refractivity contribution in [1.82, 2.24) is 9.78 Å². The standard InChI is InChI=1S/C12H11N3O3S/c1-7-10-12(15(2)14-7)19(17,18)9-6-4-3-5-8(9)11(16)13-10/h3-6H,1-2H3,(H,13,16). The number of nitrogens with one attached hydrogen (secondary N) is 1. The number of rotatable bonds is 0. The Morgan fingerprint density at radius 2 is 1.95 bits per heavy atom. The van der Waals surface area contributed by atoms with E-state index >= 15 is 0 Å². The Morgan fingerprint density at radius 3 is 2.68 bits per heavy atom. The molecule has 1 amide bonds. The molecule has 1 aromatic heterocycles. The Kier molecular flexibility index (Phi) is 2.30. The molecule has 19 heavy (non-hydrogen) atoms. The molecule has 6 nitrogen and oxygen atoms in total. The van der Waals surface area contributed by atoms with E-state index in [1.807, 2.05) is 0 Å². The van der Waals surface area contributed by atoms with Crippen LogP contribution < -0.4 is 5.32 Å². The van der Waals surface area contributed by atoms with Crippen LogP contribution in [0.3, 0.4) is 0 Å². The van der Waals surface area contributed by atoms with Crippen molar-refractivity contribution >= 4 is 21.4 Å². The van der Waals surface area contributed by atoms with Gasteiger partial charge in [0, 0.05) is 7.05 Å². The third kappa shape index (κ3) is 1.51. The van der Waals surface area contributed by atoms with E-state index in [1.165, 1.54) is 16.8 Å². The van der Waals surface area contributed by atoms with E-state index < -0.39 is 15.7 Å². The average molecular weight is 277 g/mol. The summed E-state index contributed by atoms with van der Waals surface area (Å²) < 4.78 is 26.6. The van der Waals surface area contributed by atoms with Gasteiger partial charge >= 0.3 is 0 Å². The van der Waals surface area contributed by atoms with Crippen LogP contribution in [0.1, 0.15) is 16.1 Å². The van der Waals surface area contributed by atoms with Gasteiger partial charge in [-0.15, -0.1) is 0 Å². The summed E-state index contributed by atoms with van der Waals surface area (Å²) in [4.78, 5) is 12.1. The lowest BCUT2D eigenvalue weighted by Gasteiger charge is -2.05. The molecule has 0 fully saturated rings. The number of hydrogen-bond acceptors (Lipinski definition) is 4. The molecule has 1 N–H and O–H groups in total. The number of carbonyl (C=O) groups excluding carboxylic acids is 1. The maximum atomic E-state index is 12.6. The van der Waals surface area contributed by atoms with E-state index in [0.717, 1.165) is 0 Å². The number of aryl methyl sites for hydroxylation is 2. The maximum absolute atomic E-state index is 12.6. The molecule has 7 heteroatoms. The van der Waals surface area contributed by atoms with E-state index in [2.05, 4.69) is 10.4 Å². The molecule has 0 spiro atoms. The predicted octanol–water partition coefficient (Wildman–Crippen LogP) is 1.13. The van der Waals surface area contributed by atoms with Crippen LogP contribution in [-0.4, -0.2) is 24.1 Å².